The number of anilines is 2. The summed E-state index contributed by atoms with van der Waals surface area (Å²) in [7, 11) is 0. The van der Waals surface area contributed by atoms with E-state index in [2.05, 4.69) is 31.2 Å². The Morgan fingerprint density at radius 1 is 0.812 bits per heavy atom. The zero-order valence-corrected chi connectivity index (χ0v) is 18.6. The Bertz CT molecular complexity index is 1010. The van der Waals surface area contributed by atoms with E-state index < -0.39 is 0 Å². The minimum absolute atomic E-state index is 0.247. The second kappa shape index (κ2) is 7.73. The zero-order valence-electron chi connectivity index (χ0n) is 18.6. The molecule has 0 amide bonds. The molecule has 32 heavy (non-hydrogen) atoms. The molecule has 2 aromatic rings. The summed E-state index contributed by atoms with van der Waals surface area (Å²) in [5.41, 5.74) is 20.8. The number of ether oxygens (including phenoxy) is 4. The predicted octanol–water partition coefficient (Wildman–Crippen LogP) is 2.91. The lowest BCUT2D eigenvalue weighted by atomic mass is 9.65. The van der Waals surface area contributed by atoms with E-state index >= 15 is 0 Å². The summed E-state index contributed by atoms with van der Waals surface area (Å²) in [6.45, 7) is 5.42. The fourth-order valence-corrected chi connectivity index (χ4v) is 5.36. The van der Waals surface area contributed by atoms with Crippen LogP contribution in [-0.4, -0.2) is 50.8 Å². The van der Waals surface area contributed by atoms with Crippen LogP contribution in [0.3, 0.4) is 0 Å². The van der Waals surface area contributed by atoms with Crippen molar-refractivity contribution in [1.29, 1.82) is 0 Å². The molecule has 0 bridgehead atoms. The minimum Gasteiger partial charge on any atom is -0.399 e. The molecule has 0 saturated carbocycles. The molecule has 4 heterocycles. The maximum absolute atomic E-state index is 6.94. The lowest BCUT2D eigenvalue weighted by molar-refractivity contribution is 0.298. The highest BCUT2D eigenvalue weighted by atomic mass is 16.6. The average molecular weight is 437 g/mol. The Hall–Kier alpha value is -2.12. The van der Waals surface area contributed by atoms with Gasteiger partial charge in [0.15, 0.2) is 0 Å². The molecule has 6 rings (SSSR count). The van der Waals surface area contributed by atoms with Crippen LogP contribution >= 0.6 is 0 Å². The van der Waals surface area contributed by atoms with Crippen LogP contribution in [-0.2, 0) is 37.2 Å². The number of nitrogen functional groups attached to an aromatic ring is 2. The van der Waals surface area contributed by atoms with Gasteiger partial charge >= 0.3 is 0 Å². The molecule has 4 aliphatic rings. The summed E-state index contributed by atoms with van der Waals surface area (Å²) in [4.78, 5) is 0. The third-order valence-electron chi connectivity index (χ3n) is 7.39. The third-order valence-corrected chi connectivity index (χ3v) is 7.39. The Morgan fingerprint density at radius 3 is 1.91 bits per heavy atom. The fraction of sp³-hybridized carbons (Fsp3) is 0.538. The highest BCUT2D eigenvalue weighted by Gasteiger charge is 2.47. The van der Waals surface area contributed by atoms with Crippen LogP contribution in [0.4, 0.5) is 11.4 Å². The summed E-state index contributed by atoms with van der Waals surface area (Å²) in [5.74, 6) is 0. The van der Waals surface area contributed by atoms with Crippen LogP contribution in [0.1, 0.15) is 40.7 Å². The summed E-state index contributed by atoms with van der Waals surface area (Å²) in [6, 6.07) is 10.7. The maximum atomic E-state index is 6.94. The Balaban J connectivity index is 1.54. The smallest absolute Gasteiger partial charge is 0.0851 e. The molecule has 2 aromatic carbocycles. The van der Waals surface area contributed by atoms with Crippen molar-refractivity contribution >= 4 is 11.4 Å². The molecule has 4 saturated heterocycles. The van der Waals surface area contributed by atoms with Gasteiger partial charge in [-0.1, -0.05) is 18.2 Å². The Kier molecular flexibility index (Phi) is 4.95. The summed E-state index contributed by atoms with van der Waals surface area (Å²) < 4.78 is 22.7. The molecule has 0 aromatic heterocycles. The number of nitrogens with two attached hydrogens (primary N) is 2. The van der Waals surface area contributed by atoms with Crippen LogP contribution in [0.5, 0.6) is 0 Å². The number of epoxide rings is 4. The van der Waals surface area contributed by atoms with Gasteiger partial charge in [0, 0.05) is 29.6 Å². The number of hydrogen-bond donors (Lipinski definition) is 2. The molecule has 4 unspecified atom stereocenters. The normalized spacial score (nSPS) is 29.4. The molecule has 0 aliphatic carbocycles. The first kappa shape index (κ1) is 20.5. The molecule has 170 valence electrons. The van der Waals surface area contributed by atoms with Crippen molar-refractivity contribution in [2.45, 2.75) is 62.4 Å². The van der Waals surface area contributed by atoms with Crippen molar-refractivity contribution in [2.24, 2.45) is 0 Å². The topological polar surface area (TPSA) is 102 Å². The van der Waals surface area contributed by atoms with E-state index in [4.69, 9.17) is 30.4 Å². The molecule has 4 N–H and O–H groups in total. The van der Waals surface area contributed by atoms with Crippen LogP contribution in [0, 0.1) is 6.92 Å². The number of rotatable bonds is 10. The quantitative estimate of drug-likeness (QED) is 0.439. The monoisotopic (exact) mass is 436 g/mol. The number of hydrogen-bond acceptors (Lipinski definition) is 6. The lowest BCUT2D eigenvalue weighted by Gasteiger charge is -2.38. The zero-order chi connectivity index (χ0) is 21.9. The molecule has 4 fully saturated rings. The van der Waals surface area contributed by atoms with Crippen molar-refractivity contribution in [3.63, 3.8) is 0 Å². The van der Waals surface area contributed by atoms with E-state index in [1.165, 1.54) is 27.8 Å². The number of aryl methyl sites for hydroxylation is 1. The first-order chi connectivity index (χ1) is 15.5. The van der Waals surface area contributed by atoms with Crippen LogP contribution in [0.25, 0.3) is 0 Å². The second-order valence-electron chi connectivity index (χ2n) is 9.96. The van der Waals surface area contributed by atoms with Crippen LogP contribution in [0.2, 0.25) is 0 Å². The second-order valence-corrected chi connectivity index (χ2v) is 9.96. The van der Waals surface area contributed by atoms with Gasteiger partial charge in [-0.25, -0.2) is 0 Å². The Morgan fingerprint density at radius 2 is 1.38 bits per heavy atom. The van der Waals surface area contributed by atoms with Gasteiger partial charge in [-0.15, -0.1) is 0 Å². The lowest BCUT2D eigenvalue weighted by Crippen LogP contribution is -2.34. The molecule has 4 aliphatic heterocycles. The van der Waals surface area contributed by atoms with E-state index in [-0.39, 0.29) is 23.7 Å². The first-order valence-electron chi connectivity index (χ1n) is 11.8. The van der Waals surface area contributed by atoms with E-state index in [1.807, 2.05) is 6.07 Å². The maximum Gasteiger partial charge on any atom is 0.0851 e. The standard InChI is InChI=1S/C26H32N2O4/c1-15-5-24(23(8-19-12-30-19)25(28)22(15)7-18-11-29-18)26(9-20-13-31-20,10-21-14-32-21)16-3-2-4-17(27)6-16/h2-6,18-21H,7-14,27-28H2,1H3. The van der Waals surface area contributed by atoms with Gasteiger partial charge < -0.3 is 30.4 Å². The van der Waals surface area contributed by atoms with Crippen molar-refractivity contribution < 1.29 is 18.9 Å². The van der Waals surface area contributed by atoms with Gasteiger partial charge in [0.25, 0.3) is 0 Å². The van der Waals surface area contributed by atoms with E-state index in [1.54, 1.807) is 0 Å². The van der Waals surface area contributed by atoms with Gasteiger partial charge in [0.2, 0.25) is 0 Å². The van der Waals surface area contributed by atoms with E-state index in [0.29, 0.717) is 6.10 Å². The summed E-state index contributed by atoms with van der Waals surface area (Å²) in [6.07, 6.45) is 4.56. The SMILES string of the molecule is Cc1cc(C(CC2CO2)(CC2CO2)c2cccc(N)c2)c(CC2CO2)c(N)c1CC1CO1. The predicted molar refractivity (Wildman–Crippen MR) is 123 cm³/mol. The van der Waals surface area contributed by atoms with Gasteiger partial charge in [-0.3, -0.25) is 0 Å². The van der Waals surface area contributed by atoms with Crippen LogP contribution < -0.4 is 11.5 Å². The first-order valence-corrected chi connectivity index (χ1v) is 11.8. The van der Waals surface area contributed by atoms with E-state index in [9.17, 15) is 0 Å². The minimum atomic E-state index is -0.268. The van der Waals surface area contributed by atoms with Gasteiger partial charge in [-0.2, -0.15) is 0 Å². The van der Waals surface area contributed by atoms with Crippen molar-refractivity contribution in [3.8, 4) is 0 Å². The van der Waals surface area contributed by atoms with Crippen LogP contribution in [0.15, 0.2) is 30.3 Å². The van der Waals surface area contributed by atoms with Crippen molar-refractivity contribution in [2.75, 3.05) is 37.9 Å². The molecular weight excluding hydrogens is 404 g/mol. The van der Waals surface area contributed by atoms with Gasteiger partial charge in [-0.05, 0) is 59.7 Å². The largest absolute Gasteiger partial charge is 0.399 e. The molecule has 6 heteroatoms. The fourth-order valence-electron chi connectivity index (χ4n) is 5.36. The molecule has 4 atom stereocenters. The highest BCUT2D eigenvalue weighted by molar-refractivity contribution is 5.65. The molecule has 0 radical (unpaired) electrons. The summed E-state index contributed by atoms with van der Waals surface area (Å²) >= 11 is 0. The Labute approximate surface area is 189 Å². The molecular formula is C26H32N2O4. The molecule has 6 nitrogen and oxygen atoms in total. The van der Waals surface area contributed by atoms with E-state index in [0.717, 1.165) is 63.5 Å². The average Bonchev–Trinajstić information content (AvgIpc) is 3.61. The van der Waals surface area contributed by atoms with Gasteiger partial charge in [0.1, 0.15) is 0 Å². The summed E-state index contributed by atoms with van der Waals surface area (Å²) in [5, 5.41) is 0. The highest BCUT2D eigenvalue weighted by Crippen LogP contribution is 2.49. The number of benzene rings is 2. The third kappa shape index (κ3) is 4.13. The van der Waals surface area contributed by atoms with Gasteiger partial charge in [0.05, 0.1) is 50.8 Å². The molecule has 0 spiro atoms. The van der Waals surface area contributed by atoms with Crippen molar-refractivity contribution in [3.05, 3.63) is 58.1 Å². The van der Waals surface area contributed by atoms with Crippen molar-refractivity contribution in [1.82, 2.24) is 0 Å².